The molecule has 110 valence electrons. The van der Waals surface area contributed by atoms with E-state index in [0.29, 0.717) is 6.04 Å². The first-order chi connectivity index (χ1) is 9.74. The third-order valence-corrected chi connectivity index (χ3v) is 5.43. The van der Waals surface area contributed by atoms with Crippen molar-refractivity contribution < 1.29 is 9.90 Å². The van der Waals surface area contributed by atoms with Crippen LogP contribution in [0.15, 0.2) is 17.5 Å². The van der Waals surface area contributed by atoms with Crippen LogP contribution in [0, 0.1) is 0 Å². The molecule has 1 aromatic rings. The molecule has 0 spiro atoms. The number of carbonyl (C=O) groups is 1. The van der Waals surface area contributed by atoms with Gasteiger partial charge in [0.2, 0.25) is 0 Å². The van der Waals surface area contributed by atoms with Crippen LogP contribution >= 0.6 is 11.3 Å². The van der Waals surface area contributed by atoms with Gasteiger partial charge in [0.25, 0.3) is 0 Å². The molecule has 5 heteroatoms. The van der Waals surface area contributed by atoms with E-state index >= 15 is 0 Å². The van der Waals surface area contributed by atoms with Crippen LogP contribution in [0.4, 0.5) is 0 Å². The molecule has 0 radical (unpaired) electrons. The van der Waals surface area contributed by atoms with Gasteiger partial charge >= 0.3 is 5.97 Å². The Bertz CT molecular complexity index is 441. The van der Waals surface area contributed by atoms with Crippen molar-refractivity contribution in [1.82, 2.24) is 9.80 Å². The average Bonchev–Trinajstić information content (AvgIpc) is 3.10. The summed E-state index contributed by atoms with van der Waals surface area (Å²) < 4.78 is 0. The highest BCUT2D eigenvalue weighted by molar-refractivity contribution is 7.09. The Morgan fingerprint density at radius 2 is 2.10 bits per heavy atom. The number of likely N-dealkylation sites (tertiary alicyclic amines) is 2. The maximum absolute atomic E-state index is 11.3. The lowest BCUT2D eigenvalue weighted by atomic mass is 10.0. The zero-order valence-corrected chi connectivity index (χ0v) is 12.5. The van der Waals surface area contributed by atoms with Crippen LogP contribution in [0.5, 0.6) is 0 Å². The van der Waals surface area contributed by atoms with Gasteiger partial charge in [-0.15, -0.1) is 11.3 Å². The van der Waals surface area contributed by atoms with E-state index in [0.717, 1.165) is 51.9 Å². The number of hydrogen-bond donors (Lipinski definition) is 1. The topological polar surface area (TPSA) is 43.8 Å². The van der Waals surface area contributed by atoms with E-state index in [2.05, 4.69) is 27.3 Å². The number of carboxylic acid groups (broad SMARTS) is 1. The molecule has 2 saturated heterocycles. The second-order valence-electron chi connectivity index (χ2n) is 5.82. The van der Waals surface area contributed by atoms with Gasteiger partial charge in [-0.3, -0.25) is 14.6 Å². The summed E-state index contributed by atoms with van der Waals surface area (Å²) in [4.78, 5) is 17.4. The van der Waals surface area contributed by atoms with Crippen molar-refractivity contribution in [3.05, 3.63) is 22.4 Å². The van der Waals surface area contributed by atoms with Gasteiger partial charge in [0, 0.05) is 30.6 Å². The van der Waals surface area contributed by atoms with Gasteiger partial charge in [0.1, 0.15) is 6.04 Å². The molecular weight excluding hydrogens is 272 g/mol. The SMILES string of the molecule is O=C(O)C1CCCN1C1CCN(Cc2cccs2)CC1. The van der Waals surface area contributed by atoms with E-state index in [9.17, 15) is 9.90 Å². The van der Waals surface area contributed by atoms with E-state index in [4.69, 9.17) is 0 Å². The molecule has 1 atom stereocenters. The molecule has 0 aromatic carbocycles. The summed E-state index contributed by atoms with van der Waals surface area (Å²) in [7, 11) is 0. The molecule has 2 aliphatic rings. The summed E-state index contributed by atoms with van der Waals surface area (Å²) in [5.41, 5.74) is 0. The van der Waals surface area contributed by atoms with Crippen molar-refractivity contribution in [3.8, 4) is 0 Å². The number of hydrogen-bond acceptors (Lipinski definition) is 4. The zero-order chi connectivity index (χ0) is 13.9. The summed E-state index contributed by atoms with van der Waals surface area (Å²) >= 11 is 1.82. The molecule has 3 rings (SSSR count). The largest absolute Gasteiger partial charge is 0.480 e. The smallest absolute Gasteiger partial charge is 0.320 e. The predicted molar refractivity (Wildman–Crippen MR) is 80.0 cm³/mol. The maximum atomic E-state index is 11.3. The Kier molecular flexibility index (Phi) is 4.38. The number of carboxylic acids is 1. The standard InChI is InChI=1S/C15H22N2O2S/c18-15(19)14-4-1-7-17(14)12-5-8-16(9-6-12)11-13-3-2-10-20-13/h2-3,10,12,14H,1,4-9,11H2,(H,18,19). The summed E-state index contributed by atoms with van der Waals surface area (Å²) in [6.45, 7) is 4.19. The van der Waals surface area contributed by atoms with Crippen molar-refractivity contribution in [2.45, 2.75) is 44.3 Å². The second-order valence-corrected chi connectivity index (χ2v) is 6.85. The number of piperidine rings is 1. The lowest BCUT2D eigenvalue weighted by Crippen LogP contribution is -2.48. The van der Waals surface area contributed by atoms with Gasteiger partial charge in [-0.05, 0) is 43.7 Å². The fourth-order valence-electron chi connectivity index (χ4n) is 3.52. The molecule has 1 aromatic heterocycles. The van der Waals surface area contributed by atoms with Crippen LogP contribution < -0.4 is 0 Å². The molecule has 4 nitrogen and oxygen atoms in total. The van der Waals surface area contributed by atoms with E-state index < -0.39 is 5.97 Å². The molecule has 1 N–H and O–H groups in total. The lowest BCUT2D eigenvalue weighted by molar-refractivity contribution is -0.143. The maximum Gasteiger partial charge on any atom is 0.320 e. The van der Waals surface area contributed by atoms with Crippen molar-refractivity contribution in [3.63, 3.8) is 0 Å². The van der Waals surface area contributed by atoms with Gasteiger partial charge in [0.05, 0.1) is 0 Å². The highest BCUT2D eigenvalue weighted by atomic mass is 32.1. The van der Waals surface area contributed by atoms with Crippen molar-refractivity contribution in [2.24, 2.45) is 0 Å². The highest BCUT2D eigenvalue weighted by Gasteiger charge is 2.36. The molecule has 0 amide bonds. The third-order valence-electron chi connectivity index (χ3n) is 4.56. The first-order valence-electron chi connectivity index (χ1n) is 7.47. The quantitative estimate of drug-likeness (QED) is 0.925. The monoisotopic (exact) mass is 294 g/mol. The normalized spacial score (nSPS) is 26.1. The van der Waals surface area contributed by atoms with Crippen molar-refractivity contribution in [1.29, 1.82) is 0 Å². The minimum absolute atomic E-state index is 0.233. The third kappa shape index (κ3) is 3.05. The number of nitrogens with zero attached hydrogens (tertiary/aromatic N) is 2. The molecule has 2 aliphatic heterocycles. The van der Waals surface area contributed by atoms with E-state index in [1.54, 1.807) is 0 Å². The Labute approximate surface area is 124 Å². The highest BCUT2D eigenvalue weighted by Crippen LogP contribution is 2.27. The second kappa shape index (κ2) is 6.24. The first kappa shape index (κ1) is 14.0. The Balaban J connectivity index is 1.52. The molecular formula is C15H22N2O2S. The minimum atomic E-state index is -0.636. The van der Waals surface area contributed by atoms with E-state index in [1.165, 1.54) is 4.88 Å². The van der Waals surface area contributed by atoms with Gasteiger partial charge in [-0.2, -0.15) is 0 Å². The van der Waals surface area contributed by atoms with Crippen LogP contribution in [0.1, 0.15) is 30.6 Å². The molecule has 0 bridgehead atoms. The summed E-state index contributed by atoms with van der Waals surface area (Å²) in [5, 5.41) is 11.4. The van der Waals surface area contributed by atoms with Crippen molar-refractivity contribution in [2.75, 3.05) is 19.6 Å². The lowest BCUT2D eigenvalue weighted by Gasteiger charge is -2.38. The predicted octanol–water partition coefficient (Wildman–Crippen LogP) is 2.26. The van der Waals surface area contributed by atoms with Gasteiger partial charge in [0.15, 0.2) is 0 Å². The Morgan fingerprint density at radius 1 is 1.30 bits per heavy atom. The van der Waals surface area contributed by atoms with Gasteiger partial charge < -0.3 is 5.11 Å². The fourth-order valence-corrected chi connectivity index (χ4v) is 4.27. The minimum Gasteiger partial charge on any atom is -0.480 e. The summed E-state index contributed by atoms with van der Waals surface area (Å²) in [6, 6.07) is 4.54. The number of rotatable bonds is 4. The summed E-state index contributed by atoms with van der Waals surface area (Å²) in [6.07, 6.45) is 4.07. The molecule has 1 unspecified atom stereocenters. The molecule has 0 aliphatic carbocycles. The van der Waals surface area contributed by atoms with Gasteiger partial charge in [-0.1, -0.05) is 6.07 Å². The zero-order valence-electron chi connectivity index (χ0n) is 11.7. The van der Waals surface area contributed by atoms with E-state index in [-0.39, 0.29) is 6.04 Å². The molecule has 20 heavy (non-hydrogen) atoms. The first-order valence-corrected chi connectivity index (χ1v) is 8.35. The van der Waals surface area contributed by atoms with E-state index in [1.807, 2.05) is 11.3 Å². The summed E-state index contributed by atoms with van der Waals surface area (Å²) in [5.74, 6) is -0.636. The Hall–Kier alpha value is -0.910. The number of aliphatic carboxylic acids is 1. The van der Waals surface area contributed by atoms with Crippen LogP contribution in [0.3, 0.4) is 0 Å². The average molecular weight is 294 g/mol. The van der Waals surface area contributed by atoms with Crippen molar-refractivity contribution >= 4 is 17.3 Å². The van der Waals surface area contributed by atoms with Gasteiger partial charge in [-0.25, -0.2) is 0 Å². The number of thiophene rings is 1. The molecule has 3 heterocycles. The van der Waals surface area contributed by atoms with Crippen LogP contribution in [-0.2, 0) is 11.3 Å². The van der Waals surface area contributed by atoms with Crippen LogP contribution in [0.2, 0.25) is 0 Å². The van der Waals surface area contributed by atoms with Crippen LogP contribution in [0.25, 0.3) is 0 Å². The fraction of sp³-hybridized carbons (Fsp3) is 0.667. The van der Waals surface area contributed by atoms with Crippen LogP contribution in [-0.4, -0.2) is 52.6 Å². The molecule has 0 saturated carbocycles. The Morgan fingerprint density at radius 3 is 2.75 bits per heavy atom. The molecule has 2 fully saturated rings.